The van der Waals surface area contributed by atoms with Crippen LogP contribution in [0.15, 0.2) is 24.3 Å². The third kappa shape index (κ3) is 2.80. The number of amides is 1. The normalized spacial score (nSPS) is 19.2. The fourth-order valence-corrected chi connectivity index (χ4v) is 2.65. The summed E-state index contributed by atoms with van der Waals surface area (Å²) < 4.78 is 5.19. The van der Waals surface area contributed by atoms with E-state index in [9.17, 15) is 4.79 Å². The summed E-state index contributed by atoms with van der Waals surface area (Å²) in [7, 11) is 3.49. The van der Waals surface area contributed by atoms with Gasteiger partial charge in [0.05, 0.1) is 18.7 Å². The second-order valence-corrected chi connectivity index (χ2v) is 5.80. The summed E-state index contributed by atoms with van der Waals surface area (Å²) in [5.41, 5.74) is 0.665. The van der Waals surface area contributed by atoms with Crippen molar-refractivity contribution in [1.82, 2.24) is 10.2 Å². The van der Waals surface area contributed by atoms with E-state index < -0.39 is 5.54 Å². The Balaban J connectivity index is 2.20. The minimum absolute atomic E-state index is 0.165. The van der Waals surface area contributed by atoms with Crippen LogP contribution in [-0.2, 0) is 4.79 Å². The Hall–Kier alpha value is -1.55. The zero-order valence-corrected chi connectivity index (χ0v) is 12.8. The summed E-state index contributed by atoms with van der Waals surface area (Å²) in [6, 6.07) is 8.21. The molecule has 1 aromatic carbocycles. The Morgan fingerprint density at radius 3 is 2.55 bits per heavy atom. The Bertz CT molecular complexity index is 468. The SMILES string of the molecule is CNC(C)(C)C(=O)N1CCCC1c1ccc(OC)cc1. The number of nitrogens with zero attached hydrogens (tertiary/aromatic N) is 1. The van der Waals surface area contributed by atoms with Gasteiger partial charge in [-0.25, -0.2) is 0 Å². The number of likely N-dealkylation sites (tertiary alicyclic amines) is 1. The second-order valence-electron chi connectivity index (χ2n) is 5.80. The van der Waals surface area contributed by atoms with E-state index in [-0.39, 0.29) is 11.9 Å². The summed E-state index contributed by atoms with van der Waals surface area (Å²) >= 11 is 0. The number of likely N-dealkylation sites (N-methyl/N-ethyl adjacent to an activating group) is 1. The molecule has 2 rings (SSSR count). The number of methoxy groups -OCH3 is 1. The van der Waals surface area contributed by atoms with Gasteiger partial charge in [-0.15, -0.1) is 0 Å². The van der Waals surface area contributed by atoms with Crippen LogP contribution < -0.4 is 10.1 Å². The van der Waals surface area contributed by atoms with E-state index in [1.54, 1.807) is 7.11 Å². The predicted octanol–water partition coefficient (Wildman–Crippen LogP) is 2.36. The maximum Gasteiger partial charge on any atom is 0.242 e. The number of nitrogens with one attached hydrogen (secondary N) is 1. The van der Waals surface area contributed by atoms with Crippen LogP contribution >= 0.6 is 0 Å². The molecular formula is C16H24N2O2. The molecule has 1 aliphatic heterocycles. The van der Waals surface area contributed by atoms with E-state index in [1.807, 2.05) is 37.9 Å². The van der Waals surface area contributed by atoms with Crippen LogP contribution in [0, 0.1) is 0 Å². The number of benzene rings is 1. The summed E-state index contributed by atoms with van der Waals surface area (Å²) in [6.45, 7) is 4.69. The first kappa shape index (κ1) is 14.9. The van der Waals surface area contributed by atoms with Gasteiger partial charge in [0.15, 0.2) is 0 Å². The smallest absolute Gasteiger partial charge is 0.242 e. The Morgan fingerprint density at radius 2 is 2.00 bits per heavy atom. The quantitative estimate of drug-likeness (QED) is 0.918. The fourth-order valence-electron chi connectivity index (χ4n) is 2.65. The van der Waals surface area contributed by atoms with Crippen LogP contribution in [0.5, 0.6) is 5.75 Å². The molecular weight excluding hydrogens is 252 g/mol. The van der Waals surface area contributed by atoms with Crippen molar-refractivity contribution in [2.24, 2.45) is 0 Å². The fraction of sp³-hybridized carbons (Fsp3) is 0.562. The first-order chi connectivity index (χ1) is 9.49. The molecule has 0 aromatic heterocycles. The molecule has 1 fully saturated rings. The lowest BCUT2D eigenvalue weighted by Gasteiger charge is -2.33. The van der Waals surface area contributed by atoms with Gasteiger partial charge in [0.25, 0.3) is 0 Å². The van der Waals surface area contributed by atoms with Crippen molar-refractivity contribution in [2.75, 3.05) is 20.7 Å². The van der Waals surface area contributed by atoms with Gasteiger partial charge in [0, 0.05) is 6.54 Å². The van der Waals surface area contributed by atoms with Gasteiger partial charge in [-0.05, 0) is 51.4 Å². The molecule has 0 aliphatic carbocycles. The molecule has 1 atom stereocenters. The Kier molecular flexibility index (Phi) is 4.33. The number of carbonyl (C=O) groups is 1. The highest BCUT2D eigenvalue weighted by atomic mass is 16.5. The van der Waals surface area contributed by atoms with Crippen LogP contribution in [0.25, 0.3) is 0 Å². The lowest BCUT2D eigenvalue weighted by Crippen LogP contribution is -2.52. The van der Waals surface area contributed by atoms with E-state index >= 15 is 0 Å². The van der Waals surface area contributed by atoms with Crippen molar-refractivity contribution >= 4 is 5.91 Å². The van der Waals surface area contributed by atoms with Crippen molar-refractivity contribution in [1.29, 1.82) is 0 Å². The maximum atomic E-state index is 12.6. The van der Waals surface area contributed by atoms with Gasteiger partial charge < -0.3 is 15.0 Å². The van der Waals surface area contributed by atoms with Gasteiger partial charge >= 0.3 is 0 Å². The van der Waals surface area contributed by atoms with E-state index in [1.165, 1.54) is 5.56 Å². The molecule has 1 heterocycles. The molecule has 1 aliphatic rings. The molecule has 4 nitrogen and oxygen atoms in total. The Morgan fingerprint density at radius 1 is 1.35 bits per heavy atom. The van der Waals surface area contributed by atoms with E-state index in [4.69, 9.17) is 4.74 Å². The standard InChI is InChI=1S/C16H24N2O2/c1-16(2,17-3)15(19)18-11-5-6-14(18)12-7-9-13(20-4)10-8-12/h7-10,14,17H,5-6,11H2,1-4H3. The average Bonchev–Trinajstić information content (AvgIpc) is 2.95. The summed E-state index contributed by atoms with van der Waals surface area (Å²) in [4.78, 5) is 14.6. The highest BCUT2D eigenvalue weighted by Gasteiger charge is 2.37. The van der Waals surface area contributed by atoms with Crippen molar-refractivity contribution < 1.29 is 9.53 Å². The lowest BCUT2D eigenvalue weighted by atomic mass is 10.00. The van der Waals surface area contributed by atoms with Crippen LogP contribution in [0.4, 0.5) is 0 Å². The minimum atomic E-state index is -0.519. The van der Waals surface area contributed by atoms with Crippen molar-refractivity contribution in [3.05, 3.63) is 29.8 Å². The summed E-state index contributed by atoms with van der Waals surface area (Å²) in [6.07, 6.45) is 2.08. The minimum Gasteiger partial charge on any atom is -0.497 e. The monoisotopic (exact) mass is 276 g/mol. The van der Waals surface area contributed by atoms with Gasteiger partial charge in [-0.1, -0.05) is 12.1 Å². The molecule has 1 unspecified atom stereocenters. The molecule has 20 heavy (non-hydrogen) atoms. The molecule has 1 amide bonds. The van der Waals surface area contributed by atoms with Crippen molar-refractivity contribution in [2.45, 2.75) is 38.3 Å². The molecule has 1 saturated heterocycles. The summed E-state index contributed by atoms with van der Waals surface area (Å²) in [5, 5.41) is 3.10. The molecule has 110 valence electrons. The molecule has 1 N–H and O–H groups in total. The third-order valence-electron chi connectivity index (χ3n) is 4.17. The highest BCUT2D eigenvalue weighted by Crippen LogP contribution is 2.34. The Labute approximate surface area is 121 Å². The number of hydrogen-bond donors (Lipinski definition) is 1. The van der Waals surface area contributed by atoms with Crippen molar-refractivity contribution in [3.63, 3.8) is 0 Å². The molecule has 4 heteroatoms. The predicted molar refractivity (Wildman–Crippen MR) is 79.8 cm³/mol. The van der Waals surface area contributed by atoms with Crippen LogP contribution in [0.1, 0.15) is 38.3 Å². The van der Waals surface area contributed by atoms with E-state index in [0.29, 0.717) is 0 Å². The van der Waals surface area contributed by atoms with Crippen LogP contribution in [0.2, 0.25) is 0 Å². The second kappa shape index (κ2) is 5.83. The number of ether oxygens (including phenoxy) is 1. The highest BCUT2D eigenvalue weighted by molar-refractivity contribution is 5.86. The van der Waals surface area contributed by atoms with Crippen LogP contribution in [0.3, 0.4) is 0 Å². The van der Waals surface area contributed by atoms with Gasteiger partial charge in [0.2, 0.25) is 5.91 Å². The van der Waals surface area contributed by atoms with Gasteiger partial charge in [0.1, 0.15) is 5.75 Å². The first-order valence-electron chi connectivity index (χ1n) is 7.13. The van der Waals surface area contributed by atoms with Gasteiger partial charge in [-0.2, -0.15) is 0 Å². The number of hydrogen-bond acceptors (Lipinski definition) is 3. The summed E-state index contributed by atoms with van der Waals surface area (Å²) in [5.74, 6) is 1.01. The lowest BCUT2D eigenvalue weighted by molar-refractivity contribution is -0.137. The number of rotatable bonds is 4. The zero-order valence-electron chi connectivity index (χ0n) is 12.8. The molecule has 0 radical (unpaired) electrons. The van der Waals surface area contributed by atoms with E-state index in [0.717, 1.165) is 25.1 Å². The average molecular weight is 276 g/mol. The van der Waals surface area contributed by atoms with E-state index in [2.05, 4.69) is 17.4 Å². The van der Waals surface area contributed by atoms with Gasteiger partial charge in [-0.3, -0.25) is 4.79 Å². The topological polar surface area (TPSA) is 41.6 Å². The third-order valence-corrected chi connectivity index (χ3v) is 4.17. The van der Waals surface area contributed by atoms with Crippen molar-refractivity contribution in [3.8, 4) is 5.75 Å². The maximum absolute atomic E-state index is 12.6. The zero-order chi connectivity index (χ0) is 14.8. The number of carbonyl (C=O) groups excluding carboxylic acids is 1. The molecule has 0 spiro atoms. The molecule has 0 saturated carbocycles. The first-order valence-corrected chi connectivity index (χ1v) is 7.13. The largest absolute Gasteiger partial charge is 0.497 e. The molecule has 0 bridgehead atoms. The molecule has 1 aromatic rings. The van der Waals surface area contributed by atoms with Crippen LogP contribution in [-0.4, -0.2) is 37.0 Å².